The summed E-state index contributed by atoms with van der Waals surface area (Å²) >= 11 is 2.81. The Morgan fingerprint density at radius 2 is 1.57 bits per heavy atom. The molecule has 1 amide bonds. The predicted octanol–water partition coefficient (Wildman–Crippen LogP) is 5.27. The summed E-state index contributed by atoms with van der Waals surface area (Å²) < 4.78 is 0. The van der Waals surface area contributed by atoms with Crippen molar-refractivity contribution in [3.8, 4) is 0 Å². The molecule has 0 aliphatic rings. The highest BCUT2D eigenvalue weighted by molar-refractivity contribution is 8.00. The molecule has 0 aliphatic carbocycles. The van der Waals surface area contributed by atoms with E-state index in [1.54, 1.807) is 19.1 Å². The lowest BCUT2D eigenvalue weighted by Gasteiger charge is -2.12. The number of rotatable bonds is 7. The van der Waals surface area contributed by atoms with Crippen LogP contribution in [0.25, 0.3) is 0 Å². The van der Waals surface area contributed by atoms with E-state index in [1.165, 1.54) is 35.7 Å². The third-order valence-corrected chi connectivity index (χ3v) is 6.01. The summed E-state index contributed by atoms with van der Waals surface area (Å²) in [6.45, 7) is 5.67. The lowest BCUT2D eigenvalue weighted by atomic mass is 10.3. The highest BCUT2D eigenvalue weighted by atomic mass is 32.2. The third kappa shape index (κ3) is 6.04. The molecule has 154 valence electrons. The Bertz CT molecular complexity index is 1040. The van der Waals surface area contributed by atoms with Crippen molar-refractivity contribution in [2.24, 2.45) is 0 Å². The van der Waals surface area contributed by atoms with Gasteiger partial charge in [0.1, 0.15) is 0 Å². The summed E-state index contributed by atoms with van der Waals surface area (Å²) in [5.41, 5.74) is 2.57. The number of aromatic nitrogens is 2. The summed E-state index contributed by atoms with van der Waals surface area (Å²) in [6, 6.07) is 15.6. The van der Waals surface area contributed by atoms with Crippen LogP contribution in [0.5, 0.6) is 0 Å². The Kier molecular flexibility index (Phi) is 7.07. The van der Waals surface area contributed by atoms with E-state index < -0.39 is 4.92 Å². The van der Waals surface area contributed by atoms with Crippen molar-refractivity contribution in [3.05, 3.63) is 76.1 Å². The van der Waals surface area contributed by atoms with Crippen molar-refractivity contribution in [1.29, 1.82) is 0 Å². The zero-order valence-corrected chi connectivity index (χ0v) is 18.3. The zero-order valence-electron chi connectivity index (χ0n) is 16.7. The van der Waals surface area contributed by atoms with E-state index in [2.05, 4.69) is 15.3 Å². The van der Waals surface area contributed by atoms with Gasteiger partial charge >= 0.3 is 0 Å². The molecular formula is C21H20N4O3S2. The van der Waals surface area contributed by atoms with Gasteiger partial charge in [-0.2, -0.15) is 0 Å². The van der Waals surface area contributed by atoms with E-state index in [1.807, 2.05) is 44.2 Å². The average Bonchev–Trinajstić information content (AvgIpc) is 2.69. The highest BCUT2D eigenvalue weighted by Gasteiger charge is 2.15. The predicted molar refractivity (Wildman–Crippen MR) is 119 cm³/mol. The molecule has 0 radical (unpaired) electrons. The Balaban J connectivity index is 1.57. The SMILES string of the molecule is Cc1cc(C)nc(Sc2ccc(NC(=O)C(C)Sc3ccc([N+](=O)[O-])cc3)cc2)n1. The molecule has 3 rings (SSSR count). The molecule has 1 N–H and O–H groups in total. The van der Waals surface area contributed by atoms with Gasteiger partial charge in [0.25, 0.3) is 5.69 Å². The lowest BCUT2D eigenvalue weighted by molar-refractivity contribution is -0.384. The van der Waals surface area contributed by atoms with Crippen LogP contribution in [0.3, 0.4) is 0 Å². The fourth-order valence-electron chi connectivity index (χ4n) is 2.60. The minimum absolute atomic E-state index is 0.0284. The van der Waals surface area contributed by atoms with E-state index >= 15 is 0 Å². The van der Waals surface area contributed by atoms with Crippen LogP contribution in [-0.2, 0) is 4.79 Å². The van der Waals surface area contributed by atoms with Crippen LogP contribution in [-0.4, -0.2) is 26.0 Å². The topological polar surface area (TPSA) is 98.0 Å². The van der Waals surface area contributed by atoms with Crippen molar-refractivity contribution in [1.82, 2.24) is 9.97 Å². The molecule has 30 heavy (non-hydrogen) atoms. The number of amides is 1. The van der Waals surface area contributed by atoms with Crippen LogP contribution in [0, 0.1) is 24.0 Å². The van der Waals surface area contributed by atoms with Crippen LogP contribution in [0.1, 0.15) is 18.3 Å². The van der Waals surface area contributed by atoms with Gasteiger partial charge in [0.05, 0.1) is 10.2 Å². The third-order valence-electron chi connectivity index (χ3n) is 4.02. The maximum absolute atomic E-state index is 12.5. The van der Waals surface area contributed by atoms with Gasteiger partial charge < -0.3 is 5.32 Å². The molecule has 7 nitrogen and oxygen atoms in total. The normalized spacial score (nSPS) is 11.7. The summed E-state index contributed by atoms with van der Waals surface area (Å²) in [5, 5.41) is 14.0. The van der Waals surface area contributed by atoms with Crippen molar-refractivity contribution in [3.63, 3.8) is 0 Å². The summed E-state index contributed by atoms with van der Waals surface area (Å²) in [5.74, 6) is -0.142. The molecule has 0 saturated carbocycles. The summed E-state index contributed by atoms with van der Waals surface area (Å²) in [6.07, 6.45) is 0. The monoisotopic (exact) mass is 440 g/mol. The smallest absolute Gasteiger partial charge is 0.269 e. The Morgan fingerprint density at radius 3 is 2.13 bits per heavy atom. The Labute approximate surface area is 182 Å². The van der Waals surface area contributed by atoms with Crippen LogP contribution in [0.15, 0.2) is 69.5 Å². The molecule has 0 spiro atoms. The molecule has 1 unspecified atom stereocenters. The highest BCUT2D eigenvalue weighted by Crippen LogP contribution is 2.28. The van der Waals surface area contributed by atoms with Crippen molar-refractivity contribution < 1.29 is 9.72 Å². The minimum Gasteiger partial charge on any atom is -0.325 e. The van der Waals surface area contributed by atoms with Gasteiger partial charge in [-0.25, -0.2) is 9.97 Å². The van der Waals surface area contributed by atoms with Crippen LogP contribution < -0.4 is 5.32 Å². The molecule has 2 aromatic carbocycles. The number of anilines is 1. The van der Waals surface area contributed by atoms with Crippen molar-refractivity contribution in [2.45, 2.75) is 41.0 Å². The number of carbonyl (C=O) groups excluding carboxylic acids is 1. The molecule has 0 aliphatic heterocycles. The van der Waals surface area contributed by atoms with Crippen LogP contribution in [0.4, 0.5) is 11.4 Å². The van der Waals surface area contributed by atoms with E-state index in [0.29, 0.717) is 10.8 Å². The van der Waals surface area contributed by atoms with Gasteiger partial charge in [-0.05, 0) is 75.0 Å². The number of benzene rings is 2. The number of carbonyl (C=O) groups is 1. The number of nitrogens with one attached hydrogen (secondary N) is 1. The number of nitro groups is 1. The molecule has 1 atom stereocenters. The molecule has 0 saturated heterocycles. The second-order valence-electron chi connectivity index (χ2n) is 6.56. The van der Waals surface area contributed by atoms with Gasteiger partial charge in [0.2, 0.25) is 5.91 Å². The number of nitro benzene ring substituents is 1. The fourth-order valence-corrected chi connectivity index (χ4v) is 4.33. The first-order chi connectivity index (χ1) is 14.3. The first kappa shape index (κ1) is 21.8. The molecule has 3 aromatic rings. The number of hydrogen-bond acceptors (Lipinski definition) is 7. The number of nitrogens with zero attached hydrogens (tertiary/aromatic N) is 3. The first-order valence-electron chi connectivity index (χ1n) is 9.12. The van der Waals surface area contributed by atoms with E-state index in [9.17, 15) is 14.9 Å². The van der Waals surface area contributed by atoms with E-state index in [4.69, 9.17) is 0 Å². The van der Waals surface area contributed by atoms with Gasteiger partial charge in [-0.1, -0.05) is 0 Å². The largest absolute Gasteiger partial charge is 0.325 e. The maximum Gasteiger partial charge on any atom is 0.269 e. The molecular weight excluding hydrogens is 420 g/mol. The van der Waals surface area contributed by atoms with Gasteiger partial charge in [-0.3, -0.25) is 14.9 Å². The number of thioether (sulfide) groups is 1. The summed E-state index contributed by atoms with van der Waals surface area (Å²) in [4.78, 5) is 33.4. The van der Waals surface area contributed by atoms with Crippen LogP contribution >= 0.6 is 23.5 Å². The van der Waals surface area contributed by atoms with E-state index in [0.717, 1.165) is 21.2 Å². The second kappa shape index (κ2) is 9.73. The number of aryl methyl sites for hydroxylation is 2. The Hall–Kier alpha value is -2.91. The second-order valence-corrected chi connectivity index (χ2v) is 9.01. The van der Waals surface area contributed by atoms with E-state index in [-0.39, 0.29) is 16.8 Å². The standard InChI is InChI=1S/C21H20N4O3S2/c1-13-12-14(2)23-21(22-13)30-19-8-4-16(5-9-19)24-20(26)15(3)29-18-10-6-17(7-11-18)25(27)28/h4-12,15H,1-3H3,(H,24,26). The quantitative estimate of drug-likeness (QED) is 0.231. The average molecular weight is 441 g/mol. The molecule has 0 fully saturated rings. The van der Waals surface area contributed by atoms with Gasteiger partial charge in [0.15, 0.2) is 5.16 Å². The summed E-state index contributed by atoms with van der Waals surface area (Å²) in [7, 11) is 0. The number of non-ortho nitro benzene ring substituents is 1. The van der Waals surface area contributed by atoms with Crippen molar-refractivity contribution >= 4 is 40.8 Å². The molecule has 9 heteroatoms. The zero-order chi connectivity index (χ0) is 21.7. The van der Waals surface area contributed by atoms with Crippen LogP contribution in [0.2, 0.25) is 0 Å². The Morgan fingerprint density at radius 1 is 1.00 bits per heavy atom. The molecule has 0 bridgehead atoms. The lowest BCUT2D eigenvalue weighted by Crippen LogP contribution is -2.22. The maximum atomic E-state index is 12.5. The van der Waals surface area contributed by atoms with Crippen molar-refractivity contribution in [2.75, 3.05) is 5.32 Å². The van der Waals surface area contributed by atoms with Gasteiger partial charge in [0, 0.05) is 39.0 Å². The van der Waals surface area contributed by atoms with Gasteiger partial charge in [-0.15, -0.1) is 11.8 Å². The minimum atomic E-state index is -0.446. The first-order valence-corrected chi connectivity index (χ1v) is 10.8. The molecule has 1 aromatic heterocycles. The number of hydrogen-bond donors (Lipinski definition) is 1. The fraction of sp³-hybridized carbons (Fsp3) is 0.190. The molecule has 1 heterocycles.